The molecule has 2 heterocycles. The fourth-order valence-corrected chi connectivity index (χ4v) is 1.34. The highest BCUT2D eigenvalue weighted by molar-refractivity contribution is 5.48. The molecule has 8 heteroatoms. The number of hydrogen-bond acceptors (Lipinski definition) is 7. The smallest absolute Gasteiger partial charge is 0.322 e. The molecular formula is C10H15N7O. The van der Waals surface area contributed by atoms with Gasteiger partial charge in [-0.3, -0.25) is 4.68 Å². The van der Waals surface area contributed by atoms with Crippen LogP contribution in [-0.4, -0.2) is 38.4 Å². The van der Waals surface area contributed by atoms with Crippen LogP contribution >= 0.6 is 0 Å². The van der Waals surface area contributed by atoms with Crippen molar-refractivity contribution in [3.8, 4) is 6.01 Å². The molecular weight excluding hydrogens is 234 g/mol. The summed E-state index contributed by atoms with van der Waals surface area (Å²) in [4.78, 5) is 12.4. The molecule has 0 atom stereocenters. The van der Waals surface area contributed by atoms with Crippen molar-refractivity contribution in [2.45, 2.75) is 6.92 Å². The summed E-state index contributed by atoms with van der Waals surface area (Å²) in [6.07, 6.45) is 1.83. The molecule has 0 radical (unpaired) electrons. The molecule has 0 spiro atoms. The van der Waals surface area contributed by atoms with Crippen LogP contribution in [0.2, 0.25) is 0 Å². The number of methoxy groups -OCH3 is 1. The summed E-state index contributed by atoms with van der Waals surface area (Å²) >= 11 is 0. The lowest BCUT2D eigenvalue weighted by molar-refractivity contribution is 0.379. The highest BCUT2D eigenvalue weighted by atomic mass is 16.5. The number of aromatic nitrogens is 5. The summed E-state index contributed by atoms with van der Waals surface area (Å²) in [5.41, 5.74) is 0. The van der Waals surface area contributed by atoms with Gasteiger partial charge in [-0.15, -0.1) is 0 Å². The molecule has 0 unspecified atom stereocenters. The monoisotopic (exact) mass is 249 g/mol. The SMILES string of the molecule is CCNc1nc(Nc2ccn(C)n2)nc(OC)n1. The lowest BCUT2D eigenvalue weighted by atomic mass is 10.6. The third kappa shape index (κ3) is 2.84. The predicted octanol–water partition coefficient (Wildman–Crippen LogP) is 0.789. The highest BCUT2D eigenvalue weighted by Gasteiger charge is 2.07. The van der Waals surface area contributed by atoms with Crippen LogP contribution in [0.4, 0.5) is 17.7 Å². The van der Waals surface area contributed by atoms with Crippen LogP contribution in [0.25, 0.3) is 0 Å². The van der Waals surface area contributed by atoms with E-state index >= 15 is 0 Å². The Morgan fingerprint density at radius 1 is 1.28 bits per heavy atom. The van der Waals surface area contributed by atoms with Gasteiger partial charge in [0.15, 0.2) is 5.82 Å². The second-order valence-corrected chi connectivity index (χ2v) is 3.50. The molecule has 0 saturated heterocycles. The summed E-state index contributed by atoms with van der Waals surface area (Å²) in [5.74, 6) is 1.51. The lowest BCUT2D eigenvalue weighted by Crippen LogP contribution is -2.08. The average Bonchev–Trinajstić information content (AvgIpc) is 2.75. The van der Waals surface area contributed by atoms with Gasteiger partial charge in [0.1, 0.15) is 0 Å². The zero-order valence-electron chi connectivity index (χ0n) is 10.5. The zero-order chi connectivity index (χ0) is 13.0. The second kappa shape index (κ2) is 5.30. The van der Waals surface area contributed by atoms with E-state index in [4.69, 9.17) is 4.74 Å². The Morgan fingerprint density at radius 2 is 2.06 bits per heavy atom. The van der Waals surface area contributed by atoms with Gasteiger partial charge in [0.25, 0.3) is 0 Å². The maximum absolute atomic E-state index is 5.02. The van der Waals surface area contributed by atoms with E-state index in [0.717, 1.165) is 6.54 Å². The molecule has 18 heavy (non-hydrogen) atoms. The van der Waals surface area contributed by atoms with Crippen molar-refractivity contribution < 1.29 is 4.74 Å². The molecule has 96 valence electrons. The van der Waals surface area contributed by atoms with Crippen molar-refractivity contribution in [2.24, 2.45) is 7.05 Å². The fourth-order valence-electron chi connectivity index (χ4n) is 1.34. The molecule has 2 N–H and O–H groups in total. The molecule has 2 aromatic rings. The van der Waals surface area contributed by atoms with Crippen LogP contribution in [0.5, 0.6) is 6.01 Å². The van der Waals surface area contributed by atoms with Crippen molar-refractivity contribution in [3.05, 3.63) is 12.3 Å². The van der Waals surface area contributed by atoms with Crippen LogP contribution < -0.4 is 15.4 Å². The number of ether oxygens (including phenoxy) is 1. The number of anilines is 3. The predicted molar refractivity (Wildman–Crippen MR) is 67.0 cm³/mol. The summed E-state index contributed by atoms with van der Waals surface area (Å²) in [7, 11) is 3.35. The molecule has 0 amide bonds. The van der Waals surface area contributed by atoms with E-state index in [1.54, 1.807) is 4.68 Å². The van der Waals surface area contributed by atoms with Crippen LogP contribution in [-0.2, 0) is 7.05 Å². The Hall–Kier alpha value is -2.38. The maximum atomic E-state index is 5.02. The van der Waals surface area contributed by atoms with Gasteiger partial charge in [-0.1, -0.05) is 0 Å². The minimum absolute atomic E-state index is 0.249. The number of nitrogens with zero attached hydrogens (tertiary/aromatic N) is 5. The second-order valence-electron chi connectivity index (χ2n) is 3.50. The molecule has 0 bridgehead atoms. The van der Waals surface area contributed by atoms with E-state index in [9.17, 15) is 0 Å². The molecule has 2 rings (SSSR count). The van der Waals surface area contributed by atoms with E-state index in [1.807, 2.05) is 26.2 Å². The van der Waals surface area contributed by atoms with Crippen LogP contribution in [0.1, 0.15) is 6.92 Å². The van der Waals surface area contributed by atoms with Gasteiger partial charge in [-0.2, -0.15) is 20.1 Å². The molecule has 0 aliphatic rings. The summed E-state index contributed by atoms with van der Waals surface area (Å²) in [6, 6.07) is 2.07. The first-order valence-electron chi connectivity index (χ1n) is 5.52. The van der Waals surface area contributed by atoms with Crippen molar-refractivity contribution in [3.63, 3.8) is 0 Å². The minimum atomic E-state index is 0.249. The van der Waals surface area contributed by atoms with Crippen LogP contribution in [0.3, 0.4) is 0 Å². The first kappa shape index (κ1) is 12.1. The largest absolute Gasteiger partial charge is 0.467 e. The van der Waals surface area contributed by atoms with Gasteiger partial charge < -0.3 is 15.4 Å². The van der Waals surface area contributed by atoms with Crippen molar-refractivity contribution in [2.75, 3.05) is 24.3 Å². The Kier molecular flexibility index (Phi) is 3.56. The summed E-state index contributed by atoms with van der Waals surface area (Å²) in [6.45, 7) is 2.68. The molecule has 0 aliphatic heterocycles. The van der Waals surface area contributed by atoms with E-state index in [-0.39, 0.29) is 6.01 Å². The maximum Gasteiger partial charge on any atom is 0.322 e. The first-order valence-corrected chi connectivity index (χ1v) is 5.52. The van der Waals surface area contributed by atoms with E-state index in [0.29, 0.717) is 17.7 Å². The number of nitrogens with one attached hydrogen (secondary N) is 2. The quantitative estimate of drug-likeness (QED) is 0.809. The molecule has 2 aromatic heterocycles. The standard InChI is InChI=1S/C10H15N7O/c1-4-11-8-13-9(15-10(14-8)18-3)12-7-5-6-17(2)16-7/h5-6H,4H2,1-3H3,(H2,11,12,13,14,15,16). The van der Waals surface area contributed by atoms with Gasteiger partial charge in [0.05, 0.1) is 7.11 Å². The lowest BCUT2D eigenvalue weighted by Gasteiger charge is -2.06. The molecule has 0 saturated carbocycles. The van der Waals surface area contributed by atoms with E-state index in [2.05, 4.69) is 30.7 Å². The van der Waals surface area contributed by atoms with Gasteiger partial charge in [-0.05, 0) is 6.92 Å². The van der Waals surface area contributed by atoms with Gasteiger partial charge in [-0.25, -0.2) is 0 Å². The Morgan fingerprint density at radius 3 is 2.67 bits per heavy atom. The average molecular weight is 249 g/mol. The van der Waals surface area contributed by atoms with Crippen molar-refractivity contribution in [1.29, 1.82) is 0 Å². The van der Waals surface area contributed by atoms with E-state index in [1.165, 1.54) is 7.11 Å². The molecule has 0 aliphatic carbocycles. The van der Waals surface area contributed by atoms with Gasteiger partial charge in [0, 0.05) is 25.9 Å². The molecule has 0 fully saturated rings. The normalized spacial score (nSPS) is 10.2. The Bertz CT molecular complexity index is 525. The first-order chi connectivity index (χ1) is 8.71. The summed E-state index contributed by atoms with van der Waals surface area (Å²) in [5, 5.41) is 10.2. The fraction of sp³-hybridized carbons (Fsp3) is 0.400. The van der Waals surface area contributed by atoms with Crippen LogP contribution in [0.15, 0.2) is 12.3 Å². The third-order valence-corrected chi connectivity index (χ3v) is 2.09. The molecule has 0 aromatic carbocycles. The van der Waals surface area contributed by atoms with Crippen LogP contribution in [0, 0.1) is 0 Å². The van der Waals surface area contributed by atoms with Crippen molar-refractivity contribution in [1.82, 2.24) is 24.7 Å². The minimum Gasteiger partial charge on any atom is -0.467 e. The number of rotatable bonds is 5. The number of aryl methyl sites for hydroxylation is 1. The van der Waals surface area contributed by atoms with Crippen molar-refractivity contribution >= 4 is 17.7 Å². The third-order valence-electron chi connectivity index (χ3n) is 2.09. The highest BCUT2D eigenvalue weighted by Crippen LogP contribution is 2.14. The Balaban J connectivity index is 2.23. The van der Waals surface area contributed by atoms with E-state index < -0.39 is 0 Å². The zero-order valence-corrected chi connectivity index (χ0v) is 10.5. The summed E-state index contributed by atoms with van der Waals surface area (Å²) < 4.78 is 6.70. The van der Waals surface area contributed by atoms with Gasteiger partial charge >= 0.3 is 6.01 Å². The topological polar surface area (TPSA) is 89.8 Å². The Labute approximate surface area is 104 Å². The molecule has 8 nitrogen and oxygen atoms in total. The number of hydrogen-bond donors (Lipinski definition) is 2. The van der Waals surface area contributed by atoms with Gasteiger partial charge in [0.2, 0.25) is 11.9 Å².